The summed E-state index contributed by atoms with van der Waals surface area (Å²) in [5, 5.41) is 17.0. The molecule has 4 rings (SSSR count). The Morgan fingerprint density at radius 2 is 2.03 bits per heavy atom. The lowest BCUT2D eigenvalue weighted by Crippen LogP contribution is -2.54. The van der Waals surface area contributed by atoms with Gasteiger partial charge in [-0.2, -0.15) is 5.10 Å². The molecule has 0 bridgehead atoms. The molecule has 34 heavy (non-hydrogen) atoms. The summed E-state index contributed by atoms with van der Waals surface area (Å²) in [6.45, 7) is 3.71. The highest BCUT2D eigenvalue weighted by molar-refractivity contribution is 6.01. The minimum absolute atomic E-state index is 0.0439. The highest BCUT2D eigenvalue weighted by Crippen LogP contribution is 2.35. The maximum absolute atomic E-state index is 14.8. The first-order valence-electron chi connectivity index (χ1n) is 11.6. The van der Waals surface area contributed by atoms with Gasteiger partial charge in [-0.15, -0.1) is 0 Å². The molecule has 2 heterocycles. The predicted octanol–water partition coefficient (Wildman–Crippen LogP) is 2.38. The third-order valence-electron chi connectivity index (χ3n) is 6.93. The van der Waals surface area contributed by atoms with Crippen LogP contribution in [0.2, 0.25) is 0 Å². The lowest BCUT2D eigenvalue weighted by atomic mass is 9.75. The molecule has 0 spiro atoms. The number of aromatic nitrogens is 2. The van der Waals surface area contributed by atoms with E-state index in [0.717, 1.165) is 25.7 Å². The largest absolute Gasteiger partial charge is 0.476 e. The number of ether oxygens (including phenoxy) is 1. The second kappa shape index (κ2) is 9.32. The number of benzene rings is 1. The normalized spacial score (nSPS) is 26.5. The van der Waals surface area contributed by atoms with Crippen LogP contribution in [0.3, 0.4) is 0 Å². The zero-order chi connectivity index (χ0) is 24.6. The maximum atomic E-state index is 14.8. The summed E-state index contributed by atoms with van der Waals surface area (Å²) >= 11 is 0. The average Bonchev–Trinajstić information content (AvgIpc) is 3.31. The first kappa shape index (κ1) is 24.1. The van der Waals surface area contributed by atoms with Gasteiger partial charge < -0.3 is 20.1 Å². The highest BCUT2D eigenvalue weighted by atomic mass is 19.1. The number of nitrogens with zero attached hydrogens (tertiary/aromatic N) is 3. The number of alkyl halides is 1. The van der Waals surface area contributed by atoms with Crippen LogP contribution in [0.1, 0.15) is 50.0 Å². The van der Waals surface area contributed by atoms with Gasteiger partial charge in [-0.25, -0.2) is 9.18 Å². The molecule has 1 aromatic carbocycles. The van der Waals surface area contributed by atoms with Gasteiger partial charge >= 0.3 is 5.97 Å². The van der Waals surface area contributed by atoms with Gasteiger partial charge in [-0.1, -0.05) is 38.5 Å². The number of nitrogens with one attached hydrogen (secondary N) is 1. The van der Waals surface area contributed by atoms with Crippen LogP contribution in [0.25, 0.3) is 10.9 Å². The second-order valence-electron chi connectivity index (χ2n) is 10.0. The molecule has 1 aliphatic heterocycles. The first-order valence-corrected chi connectivity index (χ1v) is 11.6. The number of rotatable bonds is 6. The van der Waals surface area contributed by atoms with Gasteiger partial charge in [0.2, 0.25) is 11.8 Å². The number of carboxylic acids is 1. The van der Waals surface area contributed by atoms with Crippen LogP contribution >= 0.6 is 0 Å². The van der Waals surface area contributed by atoms with Crippen LogP contribution in [0, 0.1) is 5.41 Å². The minimum Gasteiger partial charge on any atom is -0.476 e. The average molecular weight is 475 g/mol. The van der Waals surface area contributed by atoms with Gasteiger partial charge in [0.25, 0.3) is 0 Å². The highest BCUT2D eigenvalue weighted by Gasteiger charge is 2.49. The summed E-state index contributed by atoms with van der Waals surface area (Å²) in [6, 6.07) is 5.52. The molecule has 2 N–H and O–H groups in total. The monoisotopic (exact) mass is 474 g/mol. The number of carboxylic acid groups (broad SMARTS) is 1. The van der Waals surface area contributed by atoms with Crippen molar-refractivity contribution in [3.63, 3.8) is 0 Å². The van der Waals surface area contributed by atoms with Gasteiger partial charge in [0.15, 0.2) is 5.69 Å². The van der Waals surface area contributed by atoms with Crippen LogP contribution < -0.4 is 5.32 Å². The zero-order valence-corrected chi connectivity index (χ0v) is 19.7. The molecule has 2 aliphatic rings. The third kappa shape index (κ3) is 4.64. The molecule has 1 aliphatic carbocycles. The number of hydrogen-bond donors (Lipinski definition) is 2. The van der Waals surface area contributed by atoms with E-state index in [1.165, 1.54) is 16.7 Å². The topological polar surface area (TPSA) is 114 Å². The minimum atomic E-state index is -1.52. The fourth-order valence-corrected chi connectivity index (χ4v) is 5.34. The molecule has 2 aromatic rings. The van der Waals surface area contributed by atoms with E-state index in [-0.39, 0.29) is 30.2 Å². The number of methoxy groups -OCH3 is 1. The number of amides is 2. The van der Waals surface area contributed by atoms with Crippen LogP contribution in [-0.2, 0) is 20.9 Å². The van der Waals surface area contributed by atoms with Gasteiger partial charge in [0, 0.05) is 18.5 Å². The van der Waals surface area contributed by atoms with Crippen LogP contribution in [0.5, 0.6) is 0 Å². The van der Waals surface area contributed by atoms with E-state index in [1.54, 1.807) is 24.3 Å². The zero-order valence-electron chi connectivity index (χ0n) is 19.7. The van der Waals surface area contributed by atoms with E-state index in [2.05, 4.69) is 24.3 Å². The summed E-state index contributed by atoms with van der Waals surface area (Å²) in [7, 11) is 1.33. The fourth-order valence-electron chi connectivity index (χ4n) is 5.34. The number of para-hydroxylation sites is 1. The van der Waals surface area contributed by atoms with Crippen molar-refractivity contribution in [3.8, 4) is 0 Å². The van der Waals surface area contributed by atoms with Gasteiger partial charge in [0.05, 0.1) is 12.1 Å². The predicted molar refractivity (Wildman–Crippen MR) is 122 cm³/mol. The van der Waals surface area contributed by atoms with Crippen molar-refractivity contribution in [2.24, 2.45) is 5.41 Å². The van der Waals surface area contributed by atoms with Gasteiger partial charge in [0.1, 0.15) is 24.9 Å². The summed E-state index contributed by atoms with van der Waals surface area (Å²) in [5.41, 5.74) is 0.406. The van der Waals surface area contributed by atoms with Crippen LogP contribution in [0.4, 0.5) is 4.39 Å². The second-order valence-corrected chi connectivity index (χ2v) is 10.0. The molecule has 184 valence electrons. The van der Waals surface area contributed by atoms with Crippen molar-refractivity contribution in [2.45, 2.75) is 70.4 Å². The molecule has 4 atom stereocenters. The van der Waals surface area contributed by atoms with Crippen molar-refractivity contribution in [3.05, 3.63) is 30.0 Å². The van der Waals surface area contributed by atoms with Crippen LogP contribution in [-0.4, -0.2) is 75.6 Å². The Labute approximate surface area is 197 Å². The van der Waals surface area contributed by atoms with Crippen molar-refractivity contribution in [1.82, 2.24) is 20.0 Å². The molecule has 2 fully saturated rings. The number of aromatic carboxylic acids is 1. The quantitative estimate of drug-likeness (QED) is 0.665. The molecular formula is C24H31FN4O5. The Hall–Kier alpha value is -3.01. The van der Waals surface area contributed by atoms with E-state index in [1.807, 2.05) is 0 Å². The Bertz CT molecular complexity index is 1100. The molecule has 1 aromatic heterocycles. The Kier molecular flexibility index (Phi) is 6.62. The lowest BCUT2D eigenvalue weighted by Gasteiger charge is -2.37. The summed E-state index contributed by atoms with van der Waals surface area (Å²) in [6.07, 6.45) is 1.12. The summed E-state index contributed by atoms with van der Waals surface area (Å²) in [5.74, 6) is -2.17. The van der Waals surface area contributed by atoms with E-state index < -0.39 is 36.1 Å². The fraction of sp³-hybridized carbons (Fsp3) is 0.583. The maximum Gasteiger partial charge on any atom is 0.357 e. The van der Waals surface area contributed by atoms with E-state index >= 15 is 0 Å². The van der Waals surface area contributed by atoms with Crippen molar-refractivity contribution in [2.75, 3.05) is 13.7 Å². The number of carbonyl (C=O) groups excluding carboxylic acids is 2. The first-order chi connectivity index (χ1) is 16.1. The molecule has 9 nitrogen and oxygen atoms in total. The number of fused-ring (bicyclic) bond motifs is 1. The van der Waals surface area contributed by atoms with E-state index in [9.17, 15) is 23.9 Å². The Morgan fingerprint density at radius 1 is 1.29 bits per heavy atom. The summed E-state index contributed by atoms with van der Waals surface area (Å²) < 4.78 is 21.4. The Morgan fingerprint density at radius 3 is 2.71 bits per heavy atom. The smallest absolute Gasteiger partial charge is 0.357 e. The molecular weight excluding hydrogens is 443 g/mol. The molecule has 2 amide bonds. The van der Waals surface area contributed by atoms with Gasteiger partial charge in [-0.05, 0) is 30.7 Å². The SMILES string of the molecule is CO[C@H]1[C@@H](C(=O)NC2CCCC(C)(C)C2)N(C(=O)Cn2nc(C(=O)O)c3ccccc32)C[C@@H]1F. The molecule has 1 unspecified atom stereocenters. The number of hydrogen-bond acceptors (Lipinski definition) is 5. The summed E-state index contributed by atoms with van der Waals surface area (Å²) in [4.78, 5) is 39.3. The number of likely N-dealkylation sites (tertiary alicyclic amines) is 1. The molecule has 1 saturated heterocycles. The number of halogens is 1. The number of carbonyl (C=O) groups is 3. The third-order valence-corrected chi connectivity index (χ3v) is 6.93. The molecule has 1 saturated carbocycles. The standard InChI is InChI=1S/C24H31FN4O5/c1-24(2)10-6-7-14(11-24)26-22(31)20-21(34-3)16(25)12-28(20)18(30)13-29-17-9-5-4-8-15(17)19(27-29)23(32)33/h4-5,8-9,14,16,20-21H,6-7,10-13H2,1-3H3,(H,26,31)(H,32,33)/t14?,16-,20-,21+/m0/s1. The van der Waals surface area contributed by atoms with Crippen molar-refractivity contribution < 1.29 is 28.6 Å². The van der Waals surface area contributed by atoms with E-state index in [0.29, 0.717) is 10.9 Å². The van der Waals surface area contributed by atoms with Crippen LogP contribution in [0.15, 0.2) is 24.3 Å². The Balaban J connectivity index is 1.56. The molecule has 0 radical (unpaired) electrons. The molecule has 10 heteroatoms. The van der Waals surface area contributed by atoms with E-state index in [4.69, 9.17) is 4.74 Å². The van der Waals surface area contributed by atoms with Crippen molar-refractivity contribution in [1.29, 1.82) is 0 Å². The van der Waals surface area contributed by atoms with Gasteiger partial charge in [-0.3, -0.25) is 14.3 Å². The lowest BCUT2D eigenvalue weighted by molar-refractivity contribution is -0.142. The van der Waals surface area contributed by atoms with Crippen molar-refractivity contribution >= 4 is 28.7 Å².